The van der Waals surface area contributed by atoms with Gasteiger partial charge in [0.2, 0.25) is 0 Å². The predicted octanol–water partition coefficient (Wildman–Crippen LogP) is 3.09. The summed E-state index contributed by atoms with van der Waals surface area (Å²) in [6.07, 6.45) is 6.62. The van der Waals surface area contributed by atoms with Crippen molar-refractivity contribution in [2.75, 3.05) is 0 Å². The van der Waals surface area contributed by atoms with E-state index in [4.69, 9.17) is 9.47 Å². The Morgan fingerprint density at radius 3 is 2.79 bits per heavy atom. The number of benzene rings is 1. The number of ether oxygens (including phenoxy) is 2. The van der Waals surface area contributed by atoms with Crippen molar-refractivity contribution in [1.82, 2.24) is 0 Å². The van der Waals surface area contributed by atoms with Crippen LogP contribution in [0, 0.1) is 0 Å². The Morgan fingerprint density at radius 2 is 1.95 bits per heavy atom. The van der Waals surface area contributed by atoms with Crippen LogP contribution < -0.4 is 0 Å². The van der Waals surface area contributed by atoms with E-state index in [1.54, 1.807) is 12.1 Å². The molecular weight excluding hydrogens is 240 g/mol. The molecule has 1 aromatic carbocycles. The van der Waals surface area contributed by atoms with Gasteiger partial charge >= 0.3 is 5.97 Å². The van der Waals surface area contributed by atoms with Gasteiger partial charge in [-0.05, 0) is 37.8 Å². The minimum Gasteiger partial charge on any atom is -0.456 e. The summed E-state index contributed by atoms with van der Waals surface area (Å²) in [6, 6.07) is 9.24. The number of rotatable bonds is 2. The van der Waals surface area contributed by atoms with Gasteiger partial charge in [0.05, 0.1) is 5.56 Å². The van der Waals surface area contributed by atoms with Crippen LogP contribution in [0.2, 0.25) is 0 Å². The minimum absolute atomic E-state index is 0.0412. The average Bonchev–Trinajstić information content (AvgIpc) is 3.05. The molecule has 1 aliphatic heterocycles. The Balaban J connectivity index is 1.51. The monoisotopic (exact) mass is 258 g/mol. The van der Waals surface area contributed by atoms with Gasteiger partial charge in [-0.25, -0.2) is 4.79 Å². The Morgan fingerprint density at radius 1 is 1.16 bits per heavy atom. The van der Waals surface area contributed by atoms with Crippen LogP contribution in [0.3, 0.4) is 0 Å². The second-order valence-corrected chi connectivity index (χ2v) is 5.99. The number of epoxide rings is 1. The van der Waals surface area contributed by atoms with Crippen LogP contribution in [-0.2, 0) is 9.47 Å². The summed E-state index contributed by atoms with van der Waals surface area (Å²) in [5, 5.41) is 0. The summed E-state index contributed by atoms with van der Waals surface area (Å²) in [6.45, 7) is 0. The van der Waals surface area contributed by atoms with E-state index in [2.05, 4.69) is 0 Å². The van der Waals surface area contributed by atoms with E-state index in [0.717, 1.165) is 25.7 Å². The molecule has 0 unspecified atom stereocenters. The van der Waals surface area contributed by atoms with Crippen molar-refractivity contribution in [1.29, 1.82) is 0 Å². The van der Waals surface area contributed by atoms with E-state index >= 15 is 0 Å². The van der Waals surface area contributed by atoms with E-state index in [9.17, 15) is 4.79 Å². The van der Waals surface area contributed by atoms with Crippen molar-refractivity contribution < 1.29 is 14.3 Å². The molecule has 0 spiro atoms. The lowest BCUT2D eigenvalue weighted by Gasteiger charge is -2.23. The van der Waals surface area contributed by atoms with Crippen molar-refractivity contribution in [3.05, 3.63) is 35.9 Å². The summed E-state index contributed by atoms with van der Waals surface area (Å²) in [5.74, 6) is -0.211. The first-order valence-electron chi connectivity index (χ1n) is 7.22. The maximum Gasteiger partial charge on any atom is 0.338 e. The maximum absolute atomic E-state index is 12.2. The highest BCUT2D eigenvalue weighted by atomic mass is 16.7. The number of carbonyl (C=O) groups is 1. The predicted molar refractivity (Wildman–Crippen MR) is 69.9 cm³/mol. The van der Waals surface area contributed by atoms with Gasteiger partial charge in [0.25, 0.3) is 0 Å². The van der Waals surface area contributed by atoms with Gasteiger partial charge in [0.15, 0.2) is 0 Å². The fraction of sp³-hybridized carbons (Fsp3) is 0.562. The van der Waals surface area contributed by atoms with Crippen LogP contribution in [-0.4, -0.2) is 23.3 Å². The van der Waals surface area contributed by atoms with Gasteiger partial charge < -0.3 is 9.47 Å². The number of esters is 1. The molecule has 2 saturated carbocycles. The van der Waals surface area contributed by atoms with Gasteiger partial charge in [0.1, 0.15) is 17.3 Å². The van der Waals surface area contributed by atoms with E-state index in [1.165, 1.54) is 12.8 Å². The average molecular weight is 258 g/mol. The molecule has 1 saturated heterocycles. The third kappa shape index (κ3) is 1.51. The SMILES string of the molecule is O=C(O[C@H]1CC[C@@]23CCCC[C@@]12O3)c1ccccc1. The lowest BCUT2D eigenvalue weighted by Crippen LogP contribution is -2.36. The molecule has 0 aromatic heterocycles. The van der Waals surface area contributed by atoms with Crippen molar-refractivity contribution in [3.8, 4) is 0 Å². The molecule has 0 N–H and O–H groups in total. The van der Waals surface area contributed by atoms with E-state index in [1.807, 2.05) is 18.2 Å². The summed E-state index contributed by atoms with van der Waals surface area (Å²) in [5.41, 5.74) is 0.565. The standard InChI is InChI=1S/C16H18O3/c17-14(12-6-2-1-3-7-12)18-13-8-11-15-9-4-5-10-16(13,15)19-15/h1-3,6-7,13H,4-5,8-11H2/t13-,15-,16+/m0/s1. The summed E-state index contributed by atoms with van der Waals surface area (Å²) in [4.78, 5) is 12.2. The fourth-order valence-corrected chi connectivity index (χ4v) is 4.09. The largest absolute Gasteiger partial charge is 0.456 e. The van der Waals surface area contributed by atoms with Gasteiger partial charge in [-0.2, -0.15) is 0 Å². The third-order valence-corrected chi connectivity index (χ3v) is 5.08. The molecule has 4 rings (SSSR count). The summed E-state index contributed by atoms with van der Waals surface area (Å²) >= 11 is 0. The number of hydrogen-bond acceptors (Lipinski definition) is 3. The quantitative estimate of drug-likeness (QED) is 0.604. The summed E-state index contributed by atoms with van der Waals surface area (Å²) < 4.78 is 11.8. The molecule has 0 radical (unpaired) electrons. The molecule has 100 valence electrons. The maximum atomic E-state index is 12.2. The normalized spacial score (nSPS) is 39.3. The highest BCUT2D eigenvalue weighted by Gasteiger charge is 2.78. The van der Waals surface area contributed by atoms with E-state index in [-0.39, 0.29) is 23.3 Å². The molecule has 0 bridgehead atoms. The van der Waals surface area contributed by atoms with E-state index < -0.39 is 0 Å². The second-order valence-electron chi connectivity index (χ2n) is 5.99. The Kier molecular flexibility index (Phi) is 2.31. The topological polar surface area (TPSA) is 38.8 Å². The number of hydrogen-bond donors (Lipinski definition) is 0. The molecular formula is C16H18O3. The van der Waals surface area contributed by atoms with Crippen LogP contribution in [0.1, 0.15) is 48.9 Å². The molecule has 1 aromatic rings. The van der Waals surface area contributed by atoms with Crippen LogP contribution in [0.4, 0.5) is 0 Å². The Bertz CT molecular complexity index is 508. The van der Waals surface area contributed by atoms with Crippen LogP contribution in [0.15, 0.2) is 30.3 Å². The van der Waals surface area contributed by atoms with Crippen molar-refractivity contribution >= 4 is 5.97 Å². The molecule has 3 fully saturated rings. The molecule has 3 nitrogen and oxygen atoms in total. The van der Waals surface area contributed by atoms with Crippen LogP contribution >= 0.6 is 0 Å². The van der Waals surface area contributed by atoms with Gasteiger partial charge in [-0.3, -0.25) is 0 Å². The van der Waals surface area contributed by atoms with Crippen molar-refractivity contribution in [3.63, 3.8) is 0 Å². The Hall–Kier alpha value is -1.35. The fourth-order valence-electron chi connectivity index (χ4n) is 4.09. The van der Waals surface area contributed by atoms with Crippen LogP contribution in [0.5, 0.6) is 0 Å². The first-order chi connectivity index (χ1) is 9.26. The lowest BCUT2D eigenvalue weighted by atomic mass is 9.81. The van der Waals surface area contributed by atoms with E-state index in [0.29, 0.717) is 5.56 Å². The molecule has 19 heavy (non-hydrogen) atoms. The van der Waals surface area contributed by atoms with Crippen LogP contribution in [0.25, 0.3) is 0 Å². The zero-order valence-corrected chi connectivity index (χ0v) is 10.9. The lowest BCUT2D eigenvalue weighted by molar-refractivity contribution is 0.000301. The zero-order valence-electron chi connectivity index (χ0n) is 10.9. The second kappa shape index (κ2) is 3.83. The van der Waals surface area contributed by atoms with Crippen molar-refractivity contribution in [2.45, 2.75) is 55.8 Å². The van der Waals surface area contributed by atoms with Crippen molar-refractivity contribution in [2.24, 2.45) is 0 Å². The highest BCUT2D eigenvalue weighted by Crippen LogP contribution is 2.67. The molecule has 3 aliphatic rings. The first kappa shape index (κ1) is 11.5. The zero-order chi connectivity index (χ0) is 12.9. The smallest absolute Gasteiger partial charge is 0.338 e. The van der Waals surface area contributed by atoms with Gasteiger partial charge in [-0.1, -0.05) is 31.0 Å². The van der Waals surface area contributed by atoms with Gasteiger partial charge in [-0.15, -0.1) is 0 Å². The Labute approximate surface area is 112 Å². The molecule has 1 heterocycles. The molecule has 3 atom stereocenters. The summed E-state index contributed by atoms with van der Waals surface area (Å²) in [7, 11) is 0. The first-order valence-corrected chi connectivity index (χ1v) is 7.22. The number of carbonyl (C=O) groups excluding carboxylic acids is 1. The van der Waals surface area contributed by atoms with Gasteiger partial charge in [0, 0.05) is 0 Å². The molecule has 3 heteroatoms. The third-order valence-electron chi connectivity index (χ3n) is 5.08. The molecule has 0 amide bonds. The highest BCUT2D eigenvalue weighted by molar-refractivity contribution is 5.89. The minimum atomic E-state index is -0.211. The molecule has 2 aliphatic carbocycles.